The molecule has 0 fully saturated rings. The van der Waals surface area contributed by atoms with E-state index in [0.717, 1.165) is 21.8 Å². The van der Waals surface area contributed by atoms with Crippen LogP contribution in [0.2, 0.25) is 0 Å². The summed E-state index contributed by atoms with van der Waals surface area (Å²) in [4.78, 5) is 20.1. The number of nitrogens with one attached hydrogen (secondary N) is 1. The van der Waals surface area contributed by atoms with Crippen LogP contribution in [0.3, 0.4) is 0 Å². The summed E-state index contributed by atoms with van der Waals surface area (Å²) in [5.74, 6) is 0.752. The number of thiazole rings is 1. The molecule has 0 aliphatic rings. The van der Waals surface area contributed by atoms with E-state index >= 15 is 0 Å². The average molecular weight is 416 g/mol. The molecule has 0 saturated carbocycles. The van der Waals surface area contributed by atoms with Gasteiger partial charge in [-0.1, -0.05) is 6.07 Å². The highest BCUT2D eigenvalue weighted by Crippen LogP contribution is 2.39. The van der Waals surface area contributed by atoms with E-state index in [-0.39, 0.29) is 6.61 Å². The number of aryl methyl sites for hydroxylation is 1. The second-order valence-electron chi connectivity index (χ2n) is 6.60. The maximum Gasteiger partial charge on any atom is 0.355 e. The molecule has 3 aromatic rings. The van der Waals surface area contributed by atoms with Crippen molar-refractivity contribution < 1.29 is 24.1 Å². The van der Waals surface area contributed by atoms with Gasteiger partial charge in [-0.3, -0.25) is 0 Å². The molecular weight excluding hydrogens is 392 g/mol. The van der Waals surface area contributed by atoms with Crippen LogP contribution in [0.4, 0.5) is 0 Å². The molecule has 0 bridgehead atoms. The number of benzene rings is 1. The average Bonchev–Trinajstić information content (AvgIpc) is 3.29. The van der Waals surface area contributed by atoms with Gasteiger partial charge in [-0.15, -0.1) is 11.3 Å². The Balaban J connectivity index is 1.75. The summed E-state index contributed by atoms with van der Waals surface area (Å²) in [7, 11) is 3.17. The van der Waals surface area contributed by atoms with Crippen molar-refractivity contribution in [2.75, 3.05) is 14.2 Å². The smallest absolute Gasteiger partial charge is 0.355 e. The van der Waals surface area contributed by atoms with Gasteiger partial charge < -0.3 is 24.3 Å². The van der Waals surface area contributed by atoms with E-state index in [9.17, 15) is 9.90 Å². The Kier molecular flexibility index (Phi) is 6.24. The second-order valence-corrected chi connectivity index (χ2v) is 7.46. The summed E-state index contributed by atoms with van der Waals surface area (Å²) in [5.41, 5.74) is 3.97. The summed E-state index contributed by atoms with van der Waals surface area (Å²) < 4.78 is 16.2. The number of esters is 1. The Morgan fingerprint density at radius 1 is 1.28 bits per heavy atom. The van der Waals surface area contributed by atoms with Crippen LogP contribution < -0.4 is 9.47 Å². The van der Waals surface area contributed by atoms with Gasteiger partial charge in [0.15, 0.2) is 11.5 Å². The first-order valence-electron chi connectivity index (χ1n) is 9.07. The van der Waals surface area contributed by atoms with Gasteiger partial charge >= 0.3 is 5.97 Å². The number of carbonyl (C=O) groups is 1. The Morgan fingerprint density at radius 2 is 2.03 bits per heavy atom. The third kappa shape index (κ3) is 4.13. The fourth-order valence-electron chi connectivity index (χ4n) is 3.36. The van der Waals surface area contributed by atoms with Crippen LogP contribution in [0.1, 0.15) is 46.0 Å². The zero-order chi connectivity index (χ0) is 21.1. The first-order valence-corrected chi connectivity index (χ1v) is 9.95. The molecule has 1 aromatic carbocycles. The van der Waals surface area contributed by atoms with Gasteiger partial charge in [0, 0.05) is 16.6 Å². The first kappa shape index (κ1) is 20.9. The highest BCUT2D eigenvalue weighted by molar-refractivity contribution is 7.13. The molecule has 0 saturated heterocycles. The number of aliphatic hydroxyl groups is 1. The number of rotatable bonds is 7. The topological polar surface area (TPSA) is 93.7 Å². The normalized spacial score (nSPS) is 11.9. The maximum absolute atomic E-state index is 12.5. The lowest BCUT2D eigenvalue weighted by Gasteiger charge is -2.10. The minimum atomic E-state index is -0.660. The molecule has 0 radical (unpaired) electrons. The summed E-state index contributed by atoms with van der Waals surface area (Å²) in [6.07, 6.45) is -0.660. The fraction of sp³-hybridized carbons (Fsp3) is 0.333. The molecular formula is C21H24N2O5S. The van der Waals surface area contributed by atoms with Crippen LogP contribution in [-0.4, -0.2) is 35.3 Å². The van der Waals surface area contributed by atoms with Crippen LogP contribution in [-0.2, 0) is 11.3 Å². The van der Waals surface area contributed by atoms with E-state index in [0.29, 0.717) is 28.5 Å². The molecule has 0 amide bonds. The molecule has 2 N–H and O–H groups in total. The van der Waals surface area contributed by atoms with E-state index in [1.54, 1.807) is 28.1 Å². The Bertz CT molecular complexity index is 1020. The van der Waals surface area contributed by atoms with Crippen LogP contribution in [0.5, 0.6) is 11.5 Å². The van der Waals surface area contributed by atoms with Gasteiger partial charge in [0.2, 0.25) is 0 Å². The number of nitrogens with zero attached hydrogens (tertiary/aromatic N) is 1. The van der Waals surface area contributed by atoms with Gasteiger partial charge in [0.1, 0.15) is 17.3 Å². The number of hydrogen-bond donors (Lipinski definition) is 2. The van der Waals surface area contributed by atoms with E-state index in [1.807, 2.05) is 30.5 Å². The lowest BCUT2D eigenvalue weighted by atomic mass is 10.1. The van der Waals surface area contributed by atoms with Gasteiger partial charge in [0.25, 0.3) is 0 Å². The summed E-state index contributed by atoms with van der Waals surface area (Å²) in [6, 6.07) is 5.59. The molecule has 8 heteroatoms. The second kappa shape index (κ2) is 8.67. The Hall–Kier alpha value is -2.84. The van der Waals surface area contributed by atoms with Crippen LogP contribution in [0, 0.1) is 13.8 Å². The van der Waals surface area contributed by atoms with Gasteiger partial charge in [0.05, 0.1) is 31.6 Å². The number of carbonyl (C=O) groups excluding carboxylic acids is 1. The van der Waals surface area contributed by atoms with Crippen LogP contribution >= 0.6 is 11.3 Å². The van der Waals surface area contributed by atoms with E-state index in [1.165, 1.54) is 11.3 Å². The van der Waals surface area contributed by atoms with Crippen molar-refractivity contribution in [3.8, 4) is 22.1 Å². The molecule has 3 rings (SSSR count). The number of ether oxygens (including phenoxy) is 3. The Morgan fingerprint density at radius 3 is 2.66 bits per heavy atom. The van der Waals surface area contributed by atoms with Crippen molar-refractivity contribution in [3.63, 3.8) is 0 Å². The summed E-state index contributed by atoms with van der Waals surface area (Å²) in [6.45, 7) is 5.32. The number of hydrogen-bond acceptors (Lipinski definition) is 7. The van der Waals surface area contributed by atoms with Gasteiger partial charge in [-0.05, 0) is 38.5 Å². The third-order valence-corrected chi connectivity index (χ3v) is 5.58. The van der Waals surface area contributed by atoms with Crippen molar-refractivity contribution in [3.05, 3.63) is 51.8 Å². The first-order chi connectivity index (χ1) is 13.9. The number of methoxy groups -OCH3 is 2. The standard InChI is InChI=1S/C21H24N2O5S/c1-11-17(13(3)24)12(2)22-18(11)21(25)28-9-14-10-29-20(23-14)15-7-6-8-16(26-4)19(15)27-5/h6-8,10,13,22,24H,9H2,1-5H3/t13-/m1/s1. The quantitative estimate of drug-likeness (QED) is 0.561. The molecule has 7 nitrogen and oxygen atoms in total. The fourth-order valence-corrected chi connectivity index (χ4v) is 4.19. The SMILES string of the molecule is COc1cccc(-c2nc(COC(=O)c3[nH]c(C)c([C@@H](C)O)c3C)cs2)c1OC. The zero-order valence-corrected chi connectivity index (χ0v) is 17.8. The monoisotopic (exact) mass is 416 g/mol. The van der Waals surface area contributed by atoms with E-state index < -0.39 is 12.1 Å². The minimum Gasteiger partial charge on any atom is -0.493 e. The molecule has 0 aliphatic carbocycles. The van der Waals surface area contributed by atoms with Crippen molar-refractivity contribution in [1.82, 2.24) is 9.97 Å². The number of para-hydroxylation sites is 1. The van der Waals surface area contributed by atoms with Crippen molar-refractivity contribution in [1.29, 1.82) is 0 Å². The van der Waals surface area contributed by atoms with Crippen molar-refractivity contribution in [2.45, 2.75) is 33.5 Å². The highest BCUT2D eigenvalue weighted by Gasteiger charge is 2.21. The molecule has 29 heavy (non-hydrogen) atoms. The van der Waals surface area contributed by atoms with Crippen molar-refractivity contribution >= 4 is 17.3 Å². The lowest BCUT2D eigenvalue weighted by molar-refractivity contribution is 0.0461. The molecule has 0 aliphatic heterocycles. The van der Waals surface area contributed by atoms with E-state index in [4.69, 9.17) is 14.2 Å². The molecule has 2 heterocycles. The van der Waals surface area contributed by atoms with Crippen molar-refractivity contribution in [2.24, 2.45) is 0 Å². The van der Waals surface area contributed by atoms with Crippen LogP contribution in [0.15, 0.2) is 23.6 Å². The molecule has 0 unspecified atom stereocenters. The minimum absolute atomic E-state index is 0.0448. The molecule has 2 aromatic heterocycles. The highest BCUT2D eigenvalue weighted by atomic mass is 32.1. The predicted molar refractivity (Wildman–Crippen MR) is 111 cm³/mol. The van der Waals surface area contributed by atoms with Gasteiger partial charge in [-0.25, -0.2) is 9.78 Å². The van der Waals surface area contributed by atoms with Crippen LogP contribution in [0.25, 0.3) is 10.6 Å². The summed E-state index contributed by atoms with van der Waals surface area (Å²) >= 11 is 1.43. The predicted octanol–water partition coefficient (Wildman–Crippen LogP) is 4.18. The Labute approximate surface area is 173 Å². The number of aliphatic hydroxyl groups excluding tert-OH is 1. The molecule has 1 atom stereocenters. The van der Waals surface area contributed by atoms with E-state index in [2.05, 4.69) is 9.97 Å². The number of H-pyrrole nitrogens is 1. The van der Waals surface area contributed by atoms with Gasteiger partial charge in [-0.2, -0.15) is 0 Å². The molecule has 0 spiro atoms. The zero-order valence-electron chi connectivity index (χ0n) is 17.0. The number of aromatic nitrogens is 2. The summed E-state index contributed by atoms with van der Waals surface area (Å²) in [5, 5.41) is 12.5. The number of aromatic amines is 1. The third-order valence-electron chi connectivity index (χ3n) is 4.65. The maximum atomic E-state index is 12.5. The largest absolute Gasteiger partial charge is 0.493 e. The molecule has 154 valence electrons. The lowest BCUT2D eigenvalue weighted by Crippen LogP contribution is -2.08.